The molecule has 4 aromatic rings. The lowest BCUT2D eigenvalue weighted by Gasteiger charge is -2.05. The number of imidazole rings is 1. The SMILES string of the molecule is Cc1cc(C)n(CCc2nc3cc(NC(=O)c4ccco4)ccc3n2C)n1. The van der Waals surface area contributed by atoms with Gasteiger partial charge in [0.2, 0.25) is 0 Å². The van der Waals surface area contributed by atoms with Gasteiger partial charge in [0.25, 0.3) is 5.91 Å². The van der Waals surface area contributed by atoms with Crippen LogP contribution in [0.3, 0.4) is 0 Å². The highest BCUT2D eigenvalue weighted by Gasteiger charge is 2.12. The Morgan fingerprint density at radius 3 is 2.78 bits per heavy atom. The maximum atomic E-state index is 12.1. The number of aromatic nitrogens is 4. The van der Waals surface area contributed by atoms with Gasteiger partial charge in [-0.3, -0.25) is 9.48 Å². The first-order valence-corrected chi connectivity index (χ1v) is 8.82. The number of aryl methyl sites for hydroxylation is 5. The van der Waals surface area contributed by atoms with Crippen LogP contribution in [-0.2, 0) is 20.0 Å². The second-order valence-corrected chi connectivity index (χ2v) is 6.62. The minimum Gasteiger partial charge on any atom is -0.459 e. The molecular formula is C20H21N5O2. The van der Waals surface area contributed by atoms with Gasteiger partial charge in [-0.2, -0.15) is 5.10 Å². The number of amides is 1. The molecule has 4 rings (SSSR count). The van der Waals surface area contributed by atoms with Crippen molar-refractivity contribution in [1.82, 2.24) is 19.3 Å². The summed E-state index contributed by atoms with van der Waals surface area (Å²) in [6, 6.07) is 11.1. The number of benzene rings is 1. The van der Waals surface area contributed by atoms with Crippen molar-refractivity contribution in [1.29, 1.82) is 0 Å². The molecule has 0 aliphatic heterocycles. The highest BCUT2D eigenvalue weighted by molar-refractivity contribution is 6.03. The lowest BCUT2D eigenvalue weighted by molar-refractivity contribution is 0.0996. The Bertz CT molecular complexity index is 1110. The van der Waals surface area contributed by atoms with Crippen molar-refractivity contribution in [2.24, 2.45) is 7.05 Å². The predicted octanol–water partition coefficient (Wildman–Crippen LogP) is 3.47. The number of furan rings is 1. The lowest BCUT2D eigenvalue weighted by atomic mass is 10.2. The Labute approximate surface area is 156 Å². The summed E-state index contributed by atoms with van der Waals surface area (Å²) in [5, 5.41) is 7.34. The molecule has 0 unspecified atom stereocenters. The summed E-state index contributed by atoms with van der Waals surface area (Å²) in [6.45, 7) is 4.83. The number of carbonyl (C=O) groups excluding carboxylic acids is 1. The van der Waals surface area contributed by atoms with E-state index in [2.05, 4.69) is 28.0 Å². The van der Waals surface area contributed by atoms with E-state index in [9.17, 15) is 4.79 Å². The van der Waals surface area contributed by atoms with Crippen molar-refractivity contribution in [3.05, 3.63) is 65.6 Å². The molecule has 1 aromatic carbocycles. The number of hydrogen-bond donors (Lipinski definition) is 1. The molecule has 0 aliphatic rings. The number of nitrogens with zero attached hydrogens (tertiary/aromatic N) is 4. The average Bonchev–Trinajstić information content (AvgIpc) is 3.34. The smallest absolute Gasteiger partial charge is 0.291 e. The number of nitrogens with one attached hydrogen (secondary N) is 1. The largest absolute Gasteiger partial charge is 0.459 e. The standard InChI is InChI=1S/C20H21N5O2/c1-13-11-14(2)25(23-13)9-8-19-22-16-12-15(6-7-17(16)24(19)3)21-20(26)18-5-4-10-27-18/h4-7,10-12H,8-9H2,1-3H3,(H,21,26). The normalized spacial score (nSPS) is 11.2. The molecule has 27 heavy (non-hydrogen) atoms. The molecule has 0 bridgehead atoms. The molecular weight excluding hydrogens is 342 g/mol. The van der Waals surface area contributed by atoms with Crippen LogP contribution in [0.4, 0.5) is 5.69 Å². The Morgan fingerprint density at radius 2 is 2.07 bits per heavy atom. The van der Waals surface area contributed by atoms with Crippen molar-refractivity contribution in [3.63, 3.8) is 0 Å². The molecule has 3 aromatic heterocycles. The van der Waals surface area contributed by atoms with E-state index < -0.39 is 0 Å². The van der Waals surface area contributed by atoms with Gasteiger partial charge in [-0.1, -0.05) is 0 Å². The topological polar surface area (TPSA) is 77.9 Å². The van der Waals surface area contributed by atoms with Crippen LogP contribution in [0, 0.1) is 13.8 Å². The van der Waals surface area contributed by atoms with E-state index in [-0.39, 0.29) is 11.7 Å². The fourth-order valence-electron chi connectivity index (χ4n) is 3.26. The molecule has 0 aliphatic carbocycles. The van der Waals surface area contributed by atoms with E-state index in [1.54, 1.807) is 12.1 Å². The maximum Gasteiger partial charge on any atom is 0.291 e. The third kappa shape index (κ3) is 3.36. The van der Waals surface area contributed by atoms with E-state index in [1.807, 2.05) is 36.9 Å². The third-order valence-corrected chi connectivity index (χ3v) is 4.63. The molecule has 138 valence electrons. The Hall–Kier alpha value is -3.35. The maximum absolute atomic E-state index is 12.1. The molecule has 0 radical (unpaired) electrons. The molecule has 1 N–H and O–H groups in total. The van der Waals surface area contributed by atoms with Crippen molar-refractivity contribution in [3.8, 4) is 0 Å². The molecule has 1 amide bonds. The summed E-state index contributed by atoms with van der Waals surface area (Å²) in [6.07, 6.45) is 2.26. The van der Waals surface area contributed by atoms with Crippen molar-refractivity contribution in [2.75, 3.05) is 5.32 Å². The van der Waals surface area contributed by atoms with Crippen LogP contribution in [0.2, 0.25) is 0 Å². The minimum absolute atomic E-state index is 0.278. The monoisotopic (exact) mass is 363 g/mol. The van der Waals surface area contributed by atoms with Gasteiger partial charge >= 0.3 is 0 Å². The van der Waals surface area contributed by atoms with Crippen LogP contribution in [-0.4, -0.2) is 25.2 Å². The average molecular weight is 363 g/mol. The summed E-state index contributed by atoms with van der Waals surface area (Å²) in [5.41, 5.74) is 4.73. The van der Waals surface area contributed by atoms with Gasteiger partial charge in [0.1, 0.15) is 5.82 Å². The van der Waals surface area contributed by atoms with Crippen molar-refractivity contribution >= 4 is 22.6 Å². The van der Waals surface area contributed by atoms with Crippen LogP contribution < -0.4 is 5.32 Å². The van der Waals surface area contributed by atoms with Gasteiger partial charge < -0.3 is 14.3 Å². The first kappa shape index (κ1) is 17.1. The number of hydrogen-bond acceptors (Lipinski definition) is 4. The van der Waals surface area contributed by atoms with E-state index in [0.29, 0.717) is 5.69 Å². The van der Waals surface area contributed by atoms with Gasteiger partial charge in [-0.25, -0.2) is 4.98 Å². The second kappa shape index (κ2) is 6.75. The van der Waals surface area contributed by atoms with Crippen molar-refractivity contribution < 1.29 is 9.21 Å². The number of anilines is 1. The Kier molecular flexibility index (Phi) is 4.27. The first-order chi connectivity index (χ1) is 13.0. The summed E-state index contributed by atoms with van der Waals surface area (Å²) in [7, 11) is 2.01. The minimum atomic E-state index is -0.278. The first-order valence-electron chi connectivity index (χ1n) is 8.82. The fraction of sp³-hybridized carbons (Fsp3) is 0.250. The summed E-state index contributed by atoms with van der Waals surface area (Å²) < 4.78 is 9.21. The molecule has 3 heterocycles. The fourth-order valence-corrected chi connectivity index (χ4v) is 3.26. The van der Waals surface area contributed by atoms with E-state index in [4.69, 9.17) is 9.40 Å². The van der Waals surface area contributed by atoms with E-state index in [1.165, 1.54) is 6.26 Å². The van der Waals surface area contributed by atoms with Gasteiger partial charge in [-0.05, 0) is 50.2 Å². The highest BCUT2D eigenvalue weighted by atomic mass is 16.3. The Balaban J connectivity index is 1.54. The zero-order chi connectivity index (χ0) is 19.0. The van der Waals surface area contributed by atoms with Crippen LogP contribution >= 0.6 is 0 Å². The van der Waals surface area contributed by atoms with E-state index >= 15 is 0 Å². The molecule has 0 spiro atoms. The van der Waals surface area contributed by atoms with Crippen molar-refractivity contribution in [2.45, 2.75) is 26.8 Å². The second-order valence-electron chi connectivity index (χ2n) is 6.62. The third-order valence-electron chi connectivity index (χ3n) is 4.63. The highest BCUT2D eigenvalue weighted by Crippen LogP contribution is 2.21. The summed E-state index contributed by atoms with van der Waals surface area (Å²) >= 11 is 0. The van der Waals surface area contributed by atoms with Crippen LogP contribution in [0.25, 0.3) is 11.0 Å². The van der Waals surface area contributed by atoms with Gasteiger partial charge in [-0.15, -0.1) is 0 Å². The molecule has 7 nitrogen and oxygen atoms in total. The number of fused-ring (bicyclic) bond motifs is 1. The van der Waals surface area contributed by atoms with E-state index in [0.717, 1.165) is 41.2 Å². The zero-order valence-electron chi connectivity index (χ0n) is 15.6. The number of carbonyl (C=O) groups is 1. The quantitative estimate of drug-likeness (QED) is 0.589. The number of rotatable bonds is 5. The summed E-state index contributed by atoms with van der Waals surface area (Å²) in [5.74, 6) is 0.980. The molecule has 0 saturated carbocycles. The van der Waals surface area contributed by atoms with Gasteiger partial charge in [0, 0.05) is 31.4 Å². The van der Waals surface area contributed by atoms with Gasteiger partial charge in [0.15, 0.2) is 5.76 Å². The Morgan fingerprint density at radius 1 is 1.22 bits per heavy atom. The zero-order valence-corrected chi connectivity index (χ0v) is 15.6. The lowest BCUT2D eigenvalue weighted by Crippen LogP contribution is -2.10. The molecule has 0 fully saturated rings. The van der Waals surface area contributed by atoms with Gasteiger partial charge in [0.05, 0.1) is 23.0 Å². The van der Waals surface area contributed by atoms with Crippen LogP contribution in [0.1, 0.15) is 27.8 Å². The molecule has 0 saturated heterocycles. The predicted molar refractivity (Wildman–Crippen MR) is 103 cm³/mol. The molecule has 0 atom stereocenters. The molecule has 7 heteroatoms. The van der Waals surface area contributed by atoms with Crippen LogP contribution in [0.5, 0.6) is 0 Å². The summed E-state index contributed by atoms with van der Waals surface area (Å²) in [4.78, 5) is 16.9. The van der Waals surface area contributed by atoms with Crippen LogP contribution in [0.15, 0.2) is 47.1 Å².